The largest absolute Gasteiger partial charge is 0.326 e. The highest BCUT2D eigenvalue weighted by Gasteiger charge is 2.37. The van der Waals surface area contributed by atoms with E-state index in [1.165, 1.54) is 38.5 Å². The standard InChI is InChI=1S/C14H31N5/c1-3-4-5-6-7-11-8-12(13(15)9-16-11)14-17-10-18-19(14)2/h11-14,16-18H,3-10,15H2,1-2H3. The number of hydrogen-bond donors (Lipinski definition) is 4. The Balaban J connectivity index is 1.78. The van der Waals surface area contributed by atoms with Gasteiger partial charge in [0, 0.05) is 31.6 Å². The van der Waals surface area contributed by atoms with Crippen molar-refractivity contribution in [3.63, 3.8) is 0 Å². The van der Waals surface area contributed by atoms with E-state index < -0.39 is 0 Å². The first-order chi connectivity index (χ1) is 9.22. The van der Waals surface area contributed by atoms with E-state index >= 15 is 0 Å². The third-order valence-corrected chi connectivity index (χ3v) is 4.62. The average Bonchev–Trinajstić information content (AvgIpc) is 2.83. The van der Waals surface area contributed by atoms with Crippen molar-refractivity contribution in [2.45, 2.75) is 63.7 Å². The Morgan fingerprint density at radius 3 is 2.74 bits per heavy atom. The summed E-state index contributed by atoms with van der Waals surface area (Å²) in [5, 5.41) is 9.32. The molecule has 2 aliphatic heterocycles. The number of hydrogen-bond acceptors (Lipinski definition) is 5. The predicted octanol–water partition coefficient (Wildman–Crippen LogP) is 0.585. The Hall–Kier alpha value is -0.200. The number of piperidine rings is 1. The maximum Gasteiger partial charge on any atom is 0.0784 e. The maximum atomic E-state index is 6.30. The Kier molecular flexibility index (Phi) is 6.04. The Bertz CT molecular complexity index is 260. The molecule has 0 spiro atoms. The van der Waals surface area contributed by atoms with E-state index in [2.05, 4.69) is 35.0 Å². The molecule has 2 saturated heterocycles. The summed E-state index contributed by atoms with van der Waals surface area (Å²) in [6.07, 6.45) is 8.27. The minimum absolute atomic E-state index is 0.256. The minimum atomic E-state index is 0.256. The summed E-state index contributed by atoms with van der Waals surface area (Å²) in [6.45, 7) is 4.08. The van der Waals surface area contributed by atoms with E-state index in [4.69, 9.17) is 5.73 Å². The van der Waals surface area contributed by atoms with E-state index in [0.717, 1.165) is 13.2 Å². The van der Waals surface area contributed by atoms with Crippen LogP contribution in [0.25, 0.3) is 0 Å². The molecule has 5 heteroatoms. The van der Waals surface area contributed by atoms with Crippen molar-refractivity contribution >= 4 is 0 Å². The van der Waals surface area contributed by atoms with Gasteiger partial charge in [0.2, 0.25) is 0 Å². The zero-order chi connectivity index (χ0) is 13.7. The average molecular weight is 269 g/mol. The van der Waals surface area contributed by atoms with Gasteiger partial charge >= 0.3 is 0 Å². The summed E-state index contributed by atoms with van der Waals surface area (Å²) in [4.78, 5) is 0. The second kappa shape index (κ2) is 7.55. The van der Waals surface area contributed by atoms with Gasteiger partial charge in [-0.1, -0.05) is 32.6 Å². The lowest BCUT2D eigenvalue weighted by atomic mass is 9.84. The van der Waals surface area contributed by atoms with Crippen molar-refractivity contribution in [1.82, 2.24) is 21.1 Å². The van der Waals surface area contributed by atoms with Gasteiger partial charge in [-0.05, 0) is 12.8 Å². The SMILES string of the molecule is CCCCCCC1CC(C2NCNN2C)C(N)CN1. The van der Waals surface area contributed by atoms with Crippen LogP contribution >= 0.6 is 0 Å². The van der Waals surface area contributed by atoms with Crippen LogP contribution in [-0.4, -0.2) is 43.5 Å². The molecule has 2 fully saturated rings. The molecular formula is C14H31N5. The van der Waals surface area contributed by atoms with Crippen molar-refractivity contribution in [2.75, 3.05) is 20.3 Å². The fourth-order valence-electron chi connectivity index (χ4n) is 3.39. The molecule has 2 rings (SSSR count). The second-order valence-corrected chi connectivity index (χ2v) is 6.11. The van der Waals surface area contributed by atoms with Crippen LogP contribution in [-0.2, 0) is 0 Å². The van der Waals surface area contributed by atoms with E-state index in [1.807, 2.05) is 0 Å². The summed E-state index contributed by atoms with van der Waals surface area (Å²) in [7, 11) is 2.11. The number of nitrogens with two attached hydrogens (primary N) is 1. The molecule has 0 aromatic rings. The summed E-state index contributed by atoms with van der Waals surface area (Å²) >= 11 is 0. The molecule has 112 valence electrons. The first-order valence-electron chi connectivity index (χ1n) is 7.91. The molecule has 0 amide bonds. The first-order valence-corrected chi connectivity index (χ1v) is 7.91. The molecule has 5 nitrogen and oxygen atoms in total. The van der Waals surface area contributed by atoms with Gasteiger partial charge in [-0.2, -0.15) is 0 Å². The number of rotatable bonds is 6. The highest BCUT2D eigenvalue weighted by molar-refractivity contribution is 4.93. The molecule has 0 radical (unpaired) electrons. The molecule has 0 aromatic heterocycles. The van der Waals surface area contributed by atoms with E-state index in [-0.39, 0.29) is 6.04 Å². The molecule has 5 N–H and O–H groups in total. The molecule has 0 bridgehead atoms. The molecular weight excluding hydrogens is 238 g/mol. The van der Waals surface area contributed by atoms with E-state index in [0.29, 0.717) is 18.1 Å². The summed E-state index contributed by atoms with van der Waals surface area (Å²) in [5.41, 5.74) is 9.61. The van der Waals surface area contributed by atoms with Crippen molar-refractivity contribution in [1.29, 1.82) is 0 Å². The van der Waals surface area contributed by atoms with Gasteiger partial charge in [-0.15, -0.1) is 0 Å². The highest BCUT2D eigenvalue weighted by atomic mass is 15.6. The Morgan fingerprint density at radius 2 is 2.05 bits per heavy atom. The normalized spacial score (nSPS) is 36.8. The third-order valence-electron chi connectivity index (χ3n) is 4.62. The minimum Gasteiger partial charge on any atom is -0.326 e. The summed E-state index contributed by atoms with van der Waals surface area (Å²) < 4.78 is 0. The van der Waals surface area contributed by atoms with Crippen molar-refractivity contribution in [3.8, 4) is 0 Å². The second-order valence-electron chi connectivity index (χ2n) is 6.11. The van der Waals surface area contributed by atoms with Crippen LogP contribution < -0.4 is 21.8 Å². The Morgan fingerprint density at radius 1 is 1.21 bits per heavy atom. The van der Waals surface area contributed by atoms with Crippen LogP contribution in [0.3, 0.4) is 0 Å². The quantitative estimate of drug-likeness (QED) is 0.532. The molecule has 4 unspecified atom stereocenters. The van der Waals surface area contributed by atoms with Gasteiger partial charge < -0.3 is 11.1 Å². The molecule has 2 aliphatic rings. The van der Waals surface area contributed by atoms with Crippen LogP contribution in [0, 0.1) is 5.92 Å². The number of nitrogens with zero attached hydrogens (tertiary/aromatic N) is 1. The predicted molar refractivity (Wildman–Crippen MR) is 79.3 cm³/mol. The van der Waals surface area contributed by atoms with Crippen LogP contribution in [0.4, 0.5) is 0 Å². The molecule has 0 aromatic carbocycles. The van der Waals surface area contributed by atoms with Crippen molar-refractivity contribution < 1.29 is 0 Å². The van der Waals surface area contributed by atoms with E-state index in [1.54, 1.807) is 0 Å². The van der Waals surface area contributed by atoms with Gasteiger partial charge in [0.1, 0.15) is 0 Å². The maximum absolute atomic E-state index is 6.30. The van der Waals surface area contributed by atoms with Gasteiger partial charge in [0.05, 0.1) is 12.8 Å². The van der Waals surface area contributed by atoms with Crippen molar-refractivity contribution in [2.24, 2.45) is 11.7 Å². The van der Waals surface area contributed by atoms with Gasteiger partial charge in [0.25, 0.3) is 0 Å². The molecule has 2 heterocycles. The molecule has 19 heavy (non-hydrogen) atoms. The number of hydrazine groups is 1. The monoisotopic (exact) mass is 269 g/mol. The van der Waals surface area contributed by atoms with Crippen LogP contribution in [0.1, 0.15) is 45.4 Å². The Labute approximate surface area is 117 Å². The lowest BCUT2D eigenvalue weighted by Gasteiger charge is -2.40. The lowest BCUT2D eigenvalue weighted by Crippen LogP contribution is -2.58. The smallest absolute Gasteiger partial charge is 0.0784 e. The van der Waals surface area contributed by atoms with Crippen LogP contribution in [0.15, 0.2) is 0 Å². The number of nitrogens with one attached hydrogen (secondary N) is 3. The van der Waals surface area contributed by atoms with Gasteiger partial charge in [0.15, 0.2) is 0 Å². The molecule has 0 aliphatic carbocycles. The third kappa shape index (κ3) is 4.13. The van der Waals surface area contributed by atoms with Crippen LogP contribution in [0.2, 0.25) is 0 Å². The van der Waals surface area contributed by atoms with Crippen LogP contribution in [0.5, 0.6) is 0 Å². The molecule has 0 saturated carbocycles. The zero-order valence-electron chi connectivity index (χ0n) is 12.5. The number of unbranched alkanes of at least 4 members (excludes halogenated alkanes) is 3. The zero-order valence-corrected chi connectivity index (χ0v) is 12.5. The topological polar surface area (TPSA) is 65.3 Å². The van der Waals surface area contributed by atoms with Gasteiger partial charge in [-0.25, -0.2) is 10.4 Å². The lowest BCUT2D eigenvalue weighted by molar-refractivity contribution is 0.111. The summed E-state index contributed by atoms with van der Waals surface area (Å²) in [5.74, 6) is 0.539. The van der Waals surface area contributed by atoms with E-state index in [9.17, 15) is 0 Å². The first kappa shape index (κ1) is 15.2. The molecule has 4 atom stereocenters. The van der Waals surface area contributed by atoms with Crippen molar-refractivity contribution in [3.05, 3.63) is 0 Å². The fraction of sp³-hybridized carbons (Fsp3) is 1.00. The summed E-state index contributed by atoms with van der Waals surface area (Å²) in [6, 6.07) is 0.907. The highest BCUT2D eigenvalue weighted by Crippen LogP contribution is 2.24. The fourth-order valence-corrected chi connectivity index (χ4v) is 3.39. The van der Waals surface area contributed by atoms with Gasteiger partial charge in [-0.3, -0.25) is 5.32 Å².